The fraction of sp³-hybridized carbons (Fsp3) is 0.909. The third-order valence-electron chi connectivity index (χ3n) is 2.94. The number of amides is 1. The maximum Gasteiger partial charge on any atom is 0.239 e. The number of nitrogens with zero attached hydrogens (tertiary/aromatic N) is 1. The van der Waals surface area contributed by atoms with Crippen LogP contribution in [0.1, 0.15) is 27.2 Å². The first-order valence-corrected chi connectivity index (χ1v) is 5.71. The highest BCUT2D eigenvalue weighted by molar-refractivity contribution is 5.84. The van der Waals surface area contributed by atoms with E-state index in [9.17, 15) is 4.79 Å². The Labute approximate surface area is 91.8 Å². The fourth-order valence-electron chi connectivity index (χ4n) is 1.93. The van der Waals surface area contributed by atoms with E-state index in [1.54, 1.807) is 0 Å². The van der Waals surface area contributed by atoms with Gasteiger partial charge in [0.05, 0.1) is 18.7 Å². The number of carbonyl (C=O) groups excluding carboxylic acids is 1. The van der Waals surface area contributed by atoms with Crippen LogP contribution in [-0.4, -0.2) is 42.6 Å². The molecule has 0 aromatic carbocycles. The lowest BCUT2D eigenvalue weighted by atomic mass is 10.0. The van der Waals surface area contributed by atoms with Crippen molar-refractivity contribution in [3.05, 3.63) is 0 Å². The van der Waals surface area contributed by atoms with E-state index in [1.165, 1.54) is 0 Å². The van der Waals surface area contributed by atoms with Gasteiger partial charge in [-0.1, -0.05) is 13.8 Å². The van der Waals surface area contributed by atoms with Gasteiger partial charge in [0.15, 0.2) is 0 Å². The summed E-state index contributed by atoms with van der Waals surface area (Å²) in [7, 11) is 0. The van der Waals surface area contributed by atoms with Crippen LogP contribution in [0, 0.1) is 5.92 Å². The summed E-state index contributed by atoms with van der Waals surface area (Å²) in [5.74, 6) is 0.485. The molecule has 1 heterocycles. The molecular weight excluding hydrogens is 192 g/mol. The van der Waals surface area contributed by atoms with Crippen LogP contribution in [0.25, 0.3) is 0 Å². The summed E-state index contributed by atoms with van der Waals surface area (Å²) in [6, 6.07) is -0.126. The summed E-state index contributed by atoms with van der Waals surface area (Å²) in [5.41, 5.74) is 5.70. The van der Waals surface area contributed by atoms with Gasteiger partial charge in [0.25, 0.3) is 0 Å². The Morgan fingerprint density at radius 3 is 2.67 bits per heavy atom. The molecule has 0 saturated carbocycles. The number of ether oxygens (including phenoxy) is 1. The third kappa shape index (κ3) is 2.92. The SMILES string of the molecule is CCOCC(C(C)C)N1CCC(N)C1=O. The zero-order chi connectivity index (χ0) is 11.4. The lowest BCUT2D eigenvalue weighted by molar-refractivity contribution is -0.133. The van der Waals surface area contributed by atoms with E-state index in [4.69, 9.17) is 10.5 Å². The Morgan fingerprint density at radius 1 is 1.60 bits per heavy atom. The molecule has 1 aliphatic rings. The summed E-state index contributed by atoms with van der Waals surface area (Å²) >= 11 is 0. The minimum atomic E-state index is -0.298. The Hall–Kier alpha value is -0.610. The molecule has 4 nitrogen and oxygen atoms in total. The summed E-state index contributed by atoms with van der Waals surface area (Å²) < 4.78 is 5.42. The van der Waals surface area contributed by atoms with E-state index in [2.05, 4.69) is 13.8 Å². The molecule has 0 aromatic rings. The highest BCUT2D eigenvalue weighted by Gasteiger charge is 2.34. The smallest absolute Gasteiger partial charge is 0.239 e. The molecule has 2 N–H and O–H groups in total. The molecule has 2 unspecified atom stereocenters. The van der Waals surface area contributed by atoms with Crippen LogP contribution in [0.2, 0.25) is 0 Å². The predicted molar refractivity (Wildman–Crippen MR) is 59.4 cm³/mol. The Morgan fingerprint density at radius 2 is 2.27 bits per heavy atom. The summed E-state index contributed by atoms with van der Waals surface area (Å²) in [6.45, 7) is 8.27. The van der Waals surface area contributed by atoms with Crippen LogP contribution in [0.3, 0.4) is 0 Å². The van der Waals surface area contributed by atoms with E-state index >= 15 is 0 Å². The quantitative estimate of drug-likeness (QED) is 0.729. The van der Waals surface area contributed by atoms with Crippen molar-refractivity contribution in [2.75, 3.05) is 19.8 Å². The molecule has 0 spiro atoms. The molecule has 15 heavy (non-hydrogen) atoms. The normalized spacial score (nSPS) is 23.9. The molecule has 4 heteroatoms. The minimum absolute atomic E-state index is 0.0772. The van der Waals surface area contributed by atoms with Gasteiger partial charge in [-0.05, 0) is 19.3 Å². The Kier molecular flexibility index (Phi) is 4.54. The van der Waals surface area contributed by atoms with Gasteiger partial charge in [-0.15, -0.1) is 0 Å². The van der Waals surface area contributed by atoms with Crippen LogP contribution in [-0.2, 0) is 9.53 Å². The van der Waals surface area contributed by atoms with Gasteiger partial charge in [0.2, 0.25) is 5.91 Å². The van der Waals surface area contributed by atoms with Crippen LogP contribution in [0.15, 0.2) is 0 Å². The van der Waals surface area contributed by atoms with E-state index in [-0.39, 0.29) is 18.0 Å². The molecule has 0 aliphatic carbocycles. The fourth-order valence-corrected chi connectivity index (χ4v) is 1.93. The first-order valence-electron chi connectivity index (χ1n) is 5.71. The topological polar surface area (TPSA) is 55.6 Å². The van der Waals surface area contributed by atoms with E-state index in [0.717, 1.165) is 13.0 Å². The van der Waals surface area contributed by atoms with Crippen LogP contribution >= 0.6 is 0 Å². The number of carbonyl (C=O) groups is 1. The molecule has 0 bridgehead atoms. The first-order chi connectivity index (χ1) is 7.07. The molecule has 1 amide bonds. The average Bonchev–Trinajstić information content (AvgIpc) is 2.50. The van der Waals surface area contributed by atoms with Crippen molar-refractivity contribution < 1.29 is 9.53 Å². The van der Waals surface area contributed by atoms with Crippen molar-refractivity contribution in [2.45, 2.75) is 39.3 Å². The number of nitrogens with two attached hydrogens (primary N) is 1. The highest BCUT2D eigenvalue weighted by Crippen LogP contribution is 2.18. The van der Waals surface area contributed by atoms with Crippen molar-refractivity contribution in [1.29, 1.82) is 0 Å². The van der Waals surface area contributed by atoms with Gasteiger partial charge in [0.1, 0.15) is 0 Å². The number of likely N-dealkylation sites (tertiary alicyclic amines) is 1. The van der Waals surface area contributed by atoms with Crippen LogP contribution in [0.5, 0.6) is 0 Å². The summed E-state index contributed by atoms with van der Waals surface area (Å²) in [6.07, 6.45) is 0.772. The molecule has 0 radical (unpaired) electrons. The van der Waals surface area contributed by atoms with Crippen LogP contribution < -0.4 is 5.73 Å². The van der Waals surface area contributed by atoms with Crippen molar-refractivity contribution in [3.8, 4) is 0 Å². The molecule has 1 aliphatic heterocycles. The first kappa shape index (κ1) is 12.5. The lowest BCUT2D eigenvalue weighted by Crippen LogP contribution is -2.45. The second kappa shape index (κ2) is 5.47. The standard InChI is InChI=1S/C11H22N2O2/c1-4-15-7-10(8(2)3)13-6-5-9(12)11(13)14/h8-10H,4-7,12H2,1-3H3. The van der Waals surface area contributed by atoms with Gasteiger partial charge in [0, 0.05) is 13.2 Å². The highest BCUT2D eigenvalue weighted by atomic mass is 16.5. The number of hydrogen-bond donors (Lipinski definition) is 1. The second-order valence-electron chi connectivity index (χ2n) is 4.40. The van der Waals surface area contributed by atoms with Gasteiger partial charge < -0.3 is 15.4 Å². The Bertz CT molecular complexity index is 219. The van der Waals surface area contributed by atoms with Gasteiger partial charge in [-0.2, -0.15) is 0 Å². The van der Waals surface area contributed by atoms with E-state index in [1.807, 2.05) is 11.8 Å². The second-order valence-corrected chi connectivity index (χ2v) is 4.40. The Balaban J connectivity index is 2.59. The third-order valence-corrected chi connectivity index (χ3v) is 2.94. The van der Waals surface area contributed by atoms with Crippen molar-refractivity contribution >= 4 is 5.91 Å². The molecule has 1 fully saturated rings. The van der Waals surface area contributed by atoms with Crippen molar-refractivity contribution in [2.24, 2.45) is 11.7 Å². The molecule has 0 aromatic heterocycles. The largest absolute Gasteiger partial charge is 0.380 e. The average molecular weight is 214 g/mol. The minimum Gasteiger partial charge on any atom is -0.380 e. The molecule has 88 valence electrons. The van der Waals surface area contributed by atoms with Gasteiger partial charge >= 0.3 is 0 Å². The van der Waals surface area contributed by atoms with Crippen molar-refractivity contribution in [1.82, 2.24) is 4.90 Å². The molecular formula is C11H22N2O2. The monoisotopic (exact) mass is 214 g/mol. The lowest BCUT2D eigenvalue weighted by Gasteiger charge is -2.30. The van der Waals surface area contributed by atoms with E-state index in [0.29, 0.717) is 19.1 Å². The predicted octanol–water partition coefficient (Wildman–Crippen LogP) is 0.607. The zero-order valence-electron chi connectivity index (χ0n) is 9.90. The summed E-state index contributed by atoms with van der Waals surface area (Å²) in [5, 5.41) is 0. The zero-order valence-corrected chi connectivity index (χ0v) is 9.90. The van der Waals surface area contributed by atoms with Crippen LogP contribution in [0.4, 0.5) is 0 Å². The summed E-state index contributed by atoms with van der Waals surface area (Å²) in [4.78, 5) is 13.6. The molecule has 1 rings (SSSR count). The molecule has 1 saturated heterocycles. The number of hydrogen-bond acceptors (Lipinski definition) is 3. The maximum atomic E-state index is 11.8. The van der Waals surface area contributed by atoms with Crippen molar-refractivity contribution in [3.63, 3.8) is 0 Å². The van der Waals surface area contributed by atoms with Gasteiger partial charge in [-0.25, -0.2) is 0 Å². The molecule has 2 atom stereocenters. The number of rotatable bonds is 5. The van der Waals surface area contributed by atoms with E-state index < -0.39 is 0 Å². The van der Waals surface area contributed by atoms with Gasteiger partial charge in [-0.3, -0.25) is 4.79 Å². The maximum absolute atomic E-state index is 11.8.